The summed E-state index contributed by atoms with van der Waals surface area (Å²) in [6, 6.07) is 28.6. The van der Waals surface area contributed by atoms with Crippen molar-refractivity contribution < 1.29 is 96.4 Å². The third-order valence-corrected chi connectivity index (χ3v) is 30.1. The molecule has 20 nitrogen and oxygen atoms in total. The summed E-state index contributed by atoms with van der Waals surface area (Å²) >= 11 is 0. The number of ether oxygens (including phenoxy) is 4. The van der Waals surface area contributed by atoms with Gasteiger partial charge in [-0.15, -0.1) is 0 Å². The minimum absolute atomic E-state index is 0.0439. The fraction of sp³-hybridized carbons (Fsp3) is 0.506. The van der Waals surface area contributed by atoms with Crippen LogP contribution in [0, 0.1) is 29.1 Å². The number of hydrogen-bond acceptors (Lipinski definition) is 20. The molecule has 4 aromatic rings. The van der Waals surface area contributed by atoms with Gasteiger partial charge >= 0.3 is 48.5 Å². The number of carbonyl (C=O) groups is 8. The predicted octanol–water partition coefficient (Wildman–Crippen LogP) is 13.9. The zero-order chi connectivity index (χ0) is 75.1. The van der Waals surface area contributed by atoms with Gasteiger partial charge in [-0.05, 0) is 232 Å². The molecule has 0 bridgehead atoms. The van der Waals surface area contributed by atoms with E-state index in [9.17, 15) is 38.4 Å². The van der Waals surface area contributed by atoms with Crippen LogP contribution in [0.25, 0.3) is 0 Å². The predicted molar refractivity (Wildman–Crippen MR) is 410 cm³/mol. The highest BCUT2D eigenvalue weighted by molar-refractivity contribution is 6.62. The Kier molecular flexibility index (Phi) is 33.5. The van der Waals surface area contributed by atoms with Crippen molar-refractivity contribution in [3.63, 3.8) is 0 Å². The van der Waals surface area contributed by atoms with Crippen molar-refractivity contribution >= 4 is 107 Å². The molecule has 0 heterocycles. The number of allylic oxidation sites excluding steroid dienone is 8. The number of hydrogen-bond donors (Lipinski definition) is 0. The molecule has 0 aliphatic heterocycles. The second kappa shape index (κ2) is 42.7. The van der Waals surface area contributed by atoms with Gasteiger partial charge in [-0.2, -0.15) is 19.2 Å². The van der Waals surface area contributed by atoms with Crippen LogP contribution in [0.15, 0.2) is 142 Å². The van der Waals surface area contributed by atoms with Gasteiger partial charge in [0.15, 0.2) is 0 Å². The molecule has 4 aliphatic carbocycles. The minimum Gasteiger partial charge on any atom is -0.428 e. The van der Waals surface area contributed by atoms with E-state index in [1.807, 2.05) is 48.5 Å². The average Bonchev–Trinajstić information content (AvgIpc) is 0.732. The molecule has 4 saturated carbocycles. The SMILES string of the molecule is CCC=C(CC)[SiH2]c1ccc(C(=O)OOC(=O)OC2CCC(C(C3CCC(OC(=O)OOC(=O)c4ccc([SiH2]C(=CCC)CC)cc4)CC3)(C3CCC(OC(=O)OOC(=O)c4ccc([SiH2]C(=CCC)CC)cc4)CC3)C3CCC(OC(=O)OOC(=O)c4ccc([SiH2]C(=CCC)CC)cc4)CC3)CC2)cc1. The molecule has 4 aliphatic rings. The Morgan fingerprint density at radius 3 is 0.629 bits per heavy atom. The van der Waals surface area contributed by atoms with Crippen LogP contribution in [-0.4, -0.2) is 111 Å². The fourth-order valence-electron chi connectivity index (χ4n) is 16.4. The summed E-state index contributed by atoms with van der Waals surface area (Å²) in [6.45, 7) is 17.0. The quantitative estimate of drug-likeness (QED) is 0.0168. The van der Waals surface area contributed by atoms with Crippen molar-refractivity contribution in [3.8, 4) is 0 Å². The molecule has 8 rings (SSSR count). The van der Waals surface area contributed by atoms with Gasteiger partial charge in [0.2, 0.25) is 0 Å². The van der Waals surface area contributed by atoms with Crippen LogP contribution in [0.2, 0.25) is 0 Å². The monoisotopic (exact) mass is 1510 g/mol. The summed E-state index contributed by atoms with van der Waals surface area (Å²) in [5, 5.41) is 10.4. The summed E-state index contributed by atoms with van der Waals surface area (Å²) in [7, 11) is -2.72. The van der Waals surface area contributed by atoms with E-state index in [1.54, 1.807) is 48.5 Å². The van der Waals surface area contributed by atoms with Gasteiger partial charge in [-0.3, -0.25) is 0 Å². The maximum Gasteiger partial charge on any atom is 0.550 e. The third-order valence-electron chi connectivity index (χ3n) is 21.6. The first-order valence-electron chi connectivity index (χ1n) is 38.4. The first-order valence-corrected chi connectivity index (χ1v) is 44.0. The largest absolute Gasteiger partial charge is 0.550 e. The molecule has 0 saturated heterocycles. The first-order chi connectivity index (χ1) is 50.9. The summed E-state index contributed by atoms with van der Waals surface area (Å²) in [6.07, 6.45) is 18.9. The maximum atomic E-state index is 13.3. The van der Waals surface area contributed by atoms with Gasteiger partial charge in [-0.25, -0.2) is 58.3 Å². The average molecular weight is 1510 g/mol. The summed E-state index contributed by atoms with van der Waals surface area (Å²) in [5.74, 6) is -3.13. The smallest absolute Gasteiger partial charge is 0.428 e. The highest BCUT2D eigenvalue weighted by Crippen LogP contribution is 2.63. The Bertz CT molecular complexity index is 3140. The molecule has 0 spiro atoms. The number of carbonyl (C=O) groups excluding carboxylic acids is 8. The lowest BCUT2D eigenvalue weighted by Gasteiger charge is -2.60. The fourth-order valence-corrected chi connectivity index (χ4v) is 23.1. The summed E-state index contributed by atoms with van der Waals surface area (Å²) in [5.41, 5.74) is 0.504. The van der Waals surface area contributed by atoms with Crippen molar-refractivity contribution in [2.75, 3.05) is 0 Å². The highest BCUT2D eigenvalue weighted by Gasteiger charge is 2.57. The highest BCUT2D eigenvalue weighted by atomic mass is 28.2. The second-order valence-electron chi connectivity index (χ2n) is 28.2. The van der Waals surface area contributed by atoms with Crippen LogP contribution < -0.4 is 20.7 Å². The third kappa shape index (κ3) is 24.9. The zero-order valence-corrected chi connectivity index (χ0v) is 68.3. The van der Waals surface area contributed by atoms with Crippen LogP contribution in [0.4, 0.5) is 19.2 Å². The van der Waals surface area contributed by atoms with Crippen molar-refractivity contribution in [2.24, 2.45) is 29.1 Å². The lowest BCUT2D eigenvalue weighted by atomic mass is 9.45. The van der Waals surface area contributed by atoms with E-state index in [4.69, 9.17) is 58.0 Å². The second-order valence-corrected chi connectivity index (χ2v) is 36.5. The van der Waals surface area contributed by atoms with E-state index in [-0.39, 0.29) is 45.9 Å². The molecule has 568 valence electrons. The Hall–Kier alpha value is -8.33. The number of rotatable bonds is 28. The van der Waals surface area contributed by atoms with E-state index >= 15 is 0 Å². The molecule has 0 aromatic heterocycles. The van der Waals surface area contributed by atoms with Crippen LogP contribution in [0.1, 0.15) is 251 Å². The van der Waals surface area contributed by atoms with Gasteiger partial charge in [-0.1, -0.05) is 170 Å². The molecule has 0 unspecified atom stereocenters. The molecule has 4 fully saturated rings. The van der Waals surface area contributed by atoms with E-state index in [2.05, 4.69) is 79.7 Å². The molecule has 105 heavy (non-hydrogen) atoms. The normalized spacial score (nSPS) is 21.9. The van der Waals surface area contributed by atoms with E-state index < -0.39 is 116 Å². The summed E-state index contributed by atoms with van der Waals surface area (Å²) in [4.78, 5) is 146. The van der Waals surface area contributed by atoms with Gasteiger partial charge in [0.25, 0.3) is 0 Å². The standard InChI is InChI=1S/C81H108O20Si4/c1-9-17-65(13-5)102-69-45-21-53(22-46-69)73(82)94-98-77(86)90-61-37-29-57(30-38-61)81(58-31-39-62(40-32-58)91-78(87)99-95-74(83)54-23-47-70(48-24-54)103-66(14-6)18-10-2,59-33-41-63(42-34-59)92-79(88)100-96-75(84)55-25-49-71(50-26-55)104-67(15-7)19-11-3)60-35-43-64(44-36-60)93-80(89)101-97-76(85)56-27-51-72(52-28-56)105-68(16-8)20-12-4/h17-28,45-52,57-64H,9-16,29-44,102-105H2,1-8H3. The molecule has 0 radical (unpaired) electrons. The lowest BCUT2D eigenvalue weighted by molar-refractivity contribution is -0.213. The van der Waals surface area contributed by atoms with Crippen molar-refractivity contribution in [1.29, 1.82) is 0 Å². The molecule has 0 atom stereocenters. The molecule has 4 aromatic carbocycles. The van der Waals surface area contributed by atoms with Gasteiger partial charge < -0.3 is 18.9 Å². The van der Waals surface area contributed by atoms with E-state index in [0.717, 1.165) is 51.4 Å². The van der Waals surface area contributed by atoms with Crippen molar-refractivity contribution in [2.45, 2.75) is 234 Å². The Morgan fingerprint density at radius 2 is 0.467 bits per heavy atom. The van der Waals surface area contributed by atoms with Crippen LogP contribution in [0.3, 0.4) is 0 Å². The van der Waals surface area contributed by atoms with Crippen molar-refractivity contribution in [1.82, 2.24) is 0 Å². The van der Waals surface area contributed by atoms with Crippen molar-refractivity contribution in [3.05, 3.63) is 164 Å². The van der Waals surface area contributed by atoms with Crippen LogP contribution >= 0.6 is 0 Å². The topological polar surface area (TPSA) is 247 Å². The maximum absolute atomic E-state index is 13.3. The van der Waals surface area contributed by atoms with E-state index in [1.165, 1.54) is 41.5 Å². The van der Waals surface area contributed by atoms with Gasteiger partial charge in [0.1, 0.15) is 24.4 Å². The Labute approximate surface area is 627 Å². The van der Waals surface area contributed by atoms with Crippen LogP contribution in [0.5, 0.6) is 0 Å². The minimum atomic E-state index is -1.13. The molecular formula is C81H108O20Si4. The van der Waals surface area contributed by atoms with Gasteiger partial charge in [0.05, 0.1) is 60.3 Å². The molecule has 0 amide bonds. The van der Waals surface area contributed by atoms with Crippen LogP contribution in [-0.2, 0) is 58.0 Å². The van der Waals surface area contributed by atoms with Gasteiger partial charge in [0, 0.05) is 0 Å². The molecule has 24 heteroatoms. The first kappa shape index (κ1) is 82.3. The zero-order valence-electron chi connectivity index (χ0n) is 62.6. The Balaban J connectivity index is 0.964. The summed E-state index contributed by atoms with van der Waals surface area (Å²) < 4.78 is 23.5. The number of benzene rings is 4. The molecule has 0 N–H and O–H groups in total. The molecular weight excluding hydrogens is 1410 g/mol. The Morgan fingerprint density at radius 1 is 0.286 bits per heavy atom. The lowest BCUT2D eigenvalue weighted by Crippen LogP contribution is -2.54. The van der Waals surface area contributed by atoms with E-state index in [0.29, 0.717) is 103 Å².